The van der Waals surface area contributed by atoms with E-state index in [1.165, 1.54) is 12.1 Å². The van der Waals surface area contributed by atoms with Gasteiger partial charge in [-0.05, 0) is 41.1 Å². The second-order valence-electron chi connectivity index (χ2n) is 6.10. The molecule has 0 radical (unpaired) electrons. The van der Waals surface area contributed by atoms with Crippen LogP contribution in [0.1, 0.15) is 15.9 Å². The van der Waals surface area contributed by atoms with E-state index >= 15 is 0 Å². The minimum atomic E-state index is -4.72. The van der Waals surface area contributed by atoms with Crippen molar-refractivity contribution < 1.29 is 27.5 Å². The van der Waals surface area contributed by atoms with Gasteiger partial charge in [0.15, 0.2) is 6.61 Å². The van der Waals surface area contributed by atoms with Crippen molar-refractivity contribution in [2.75, 3.05) is 17.7 Å². The summed E-state index contributed by atoms with van der Waals surface area (Å²) in [6.07, 6.45) is -4.72. The Morgan fingerprint density at radius 1 is 1.03 bits per heavy atom. The number of rotatable bonds is 4. The molecule has 3 rings (SSSR count). The first kappa shape index (κ1) is 20.5. The number of halogens is 4. The lowest BCUT2D eigenvalue weighted by atomic mass is 10.1. The summed E-state index contributed by atoms with van der Waals surface area (Å²) < 4.78 is 44.1. The summed E-state index contributed by atoms with van der Waals surface area (Å²) in [5, 5.41) is 3.50. The lowest BCUT2D eigenvalue weighted by molar-refractivity contribution is -0.137. The van der Waals surface area contributed by atoms with Crippen LogP contribution in [-0.2, 0) is 15.7 Å². The highest BCUT2D eigenvalue weighted by atomic mass is 35.5. The molecule has 5 nitrogen and oxygen atoms in total. The van der Waals surface area contributed by atoms with Crippen LogP contribution < -0.4 is 11.1 Å². The third-order valence-corrected chi connectivity index (χ3v) is 4.27. The van der Waals surface area contributed by atoms with Crippen LogP contribution in [0.25, 0.3) is 10.8 Å². The molecule has 3 N–H and O–H groups in total. The van der Waals surface area contributed by atoms with Gasteiger partial charge in [-0.2, -0.15) is 13.2 Å². The van der Waals surface area contributed by atoms with Gasteiger partial charge in [0.05, 0.1) is 16.8 Å². The summed E-state index contributed by atoms with van der Waals surface area (Å²) in [6.45, 7) is -0.787. The van der Waals surface area contributed by atoms with Crippen molar-refractivity contribution in [2.45, 2.75) is 6.18 Å². The van der Waals surface area contributed by atoms with Crippen molar-refractivity contribution in [3.05, 3.63) is 70.7 Å². The molecule has 9 heteroatoms. The number of amides is 1. The van der Waals surface area contributed by atoms with Gasteiger partial charge in [0.25, 0.3) is 5.91 Å². The minimum absolute atomic E-state index is 0.0546. The highest BCUT2D eigenvalue weighted by Crippen LogP contribution is 2.36. The van der Waals surface area contributed by atoms with Gasteiger partial charge < -0.3 is 15.8 Å². The number of hydrogen-bond donors (Lipinski definition) is 2. The fourth-order valence-corrected chi connectivity index (χ4v) is 2.86. The predicted octanol–water partition coefficient (Wildman–Crippen LogP) is 4.89. The van der Waals surface area contributed by atoms with Gasteiger partial charge in [-0.1, -0.05) is 35.9 Å². The van der Waals surface area contributed by atoms with Crippen LogP contribution in [0.5, 0.6) is 0 Å². The zero-order valence-corrected chi connectivity index (χ0v) is 15.5. The van der Waals surface area contributed by atoms with Crippen LogP contribution in [0, 0.1) is 0 Å². The number of alkyl halides is 3. The molecule has 0 bridgehead atoms. The van der Waals surface area contributed by atoms with E-state index in [1.54, 1.807) is 18.2 Å². The second-order valence-corrected chi connectivity index (χ2v) is 6.54. The van der Waals surface area contributed by atoms with E-state index < -0.39 is 35.9 Å². The van der Waals surface area contributed by atoms with Gasteiger partial charge in [0, 0.05) is 10.7 Å². The molecule has 0 atom stereocenters. The molecule has 0 aliphatic heterocycles. The first-order valence-electron chi connectivity index (χ1n) is 8.27. The molecule has 0 unspecified atom stereocenters. The Morgan fingerprint density at radius 2 is 1.69 bits per heavy atom. The van der Waals surface area contributed by atoms with Crippen molar-refractivity contribution >= 4 is 45.6 Å². The second kappa shape index (κ2) is 8.00. The molecule has 0 saturated heterocycles. The molecule has 29 heavy (non-hydrogen) atoms. The van der Waals surface area contributed by atoms with Gasteiger partial charge in [-0.3, -0.25) is 4.79 Å². The number of nitrogen functional groups attached to an aromatic ring is 1. The molecule has 0 aliphatic carbocycles. The summed E-state index contributed by atoms with van der Waals surface area (Å²) in [6, 6.07) is 13.2. The van der Waals surface area contributed by atoms with E-state index in [4.69, 9.17) is 22.1 Å². The number of anilines is 2. The van der Waals surface area contributed by atoms with Crippen molar-refractivity contribution in [3.8, 4) is 0 Å². The fraction of sp³-hybridized carbons (Fsp3) is 0.100. The van der Waals surface area contributed by atoms with Gasteiger partial charge >= 0.3 is 12.1 Å². The Balaban J connectivity index is 1.70. The Labute approximate surface area is 168 Å². The number of carbonyl (C=O) groups is 2. The normalized spacial score (nSPS) is 11.3. The lowest BCUT2D eigenvalue weighted by Crippen LogP contribution is -2.23. The molecule has 150 valence electrons. The Morgan fingerprint density at radius 3 is 2.34 bits per heavy atom. The quantitative estimate of drug-likeness (QED) is 0.463. The summed E-state index contributed by atoms with van der Waals surface area (Å²) in [4.78, 5) is 24.2. The topological polar surface area (TPSA) is 81.4 Å². The number of carbonyl (C=O) groups excluding carboxylic acids is 2. The first-order chi connectivity index (χ1) is 13.6. The summed E-state index contributed by atoms with van der Waals surface area (Å²) >= 11 is 5.59. The maximum Gasteiger partial charge on any atom is 0.418 e. The monoisotopic (exact) mass is 422 g/mol. The van der Waals surface area contributed by atoms with Crippen molar-refractivity contribution in [1.29, 1.82) is 0 Å². The molecular formula is C20H14ClF3N2O3. The average molecular weight is 423 g/mol. The molecular weight excluding hydrogens is 409 g/mol. The largest absolute Gasteiger partial charge is 0.452 e. The highest BCUT2D eigenvalue weighted by Gasteiger charge is 2.34. The van der Waals surface area contributed by atoms with Gasteiger partial charge in [-0.15, -0.1) is 0 Å². The molecule has 0 heterocycles. The molecule has 0 spiro atoms. The van der Waals surface area contributed by atoms with E-state index in [1.807, 2.05) is 12.1 Å². The number of hydrogen-bond acceptors (Lipinski definition) is 4. The van der Waals surface area contributed by atoms with Gasteiger partial charge in [0.1, 0.15) is 0 Å². The molecule has 0 fully saturated rings. The van der Waals surface area contributed by atoms with Crippen LogP contribution in [0.3, 0.4) is 0 Å². The van der Waals surface area contributed by atoms with Gasteiger partial charge in [0.2, 0.25) is 0 Å². The van der Waals surface area contributed by atoms with E-state index in [0.29, 0.717) is 6.07 Å². The molecule has 3 aromatic rings. The summed E-state index contributed by atoms with van der Waals surface area (Å²) in [5.74, 6) is -1.80. The van der Waals surface area contributed by atoms with Crippen LogP contribution in [0.15, 0.2) is 54.6 Å². The van der Waals surface area contributed by atoms with Crippen LogP contribution in [-0.4, -0.2) is 18.5 Å². The molecule has 0 aliphatic rings. The van der Waals surface area contributed by atoms with Crippen molar-refractivity contribution in [2.24, 2.45) is 0 Å². The van der Waals surface area contributed by atoms with Gasteiger partial charge in [-0.25, -0.2) is 4.79 Å². The first-order valence-corrected chi connectivity index (χ1v) is 8.65. The molecule has 1 amide bonds. The maximum atomic E-state index is 13.1. The average Bonchev–Trinajstić information content (AvgIpc) is 2.66. The number of fused-ring (bicyclic) bond motifs is 1. The number of nitrogens with two attached hydrogens (primary N) is 1. The zero-order chi connectivity index (χ0) is 21.2. The fourth-order valence-electron chi connectivity index (χ4n) is 2.69. The summed E-state index contributed by atoms with van der Waals surface area (Å²) in [5.41, 5.74) is 4.47. The van der Waals surface area contributed by atoms with Crippen LogP contribution >= 0.6 is 11.6 Å². The van der Waals surface area contributed by atoms with E-state index in [9.17, 15) is 22.8 Å². The van der Waals surface area contributed by atoms with Crippen molar-refractivity contribution in [1.82, 2.24) is 0 Å². The zero-order valence-electron chi connectivity index (χ0n) is 14.7. The van der Waals surface area contributed by atoms with E-state index in [2.05, 4.69) is 5.32 Å². The smallest absolute Gasteiger partial charge is 0.418 e. The van der Waals surface area contributed by atoms with E-state index in [0.717, 1.165) is 16.8 Å². The lowest BCUT2D eigenvalue weighted by Gasteiger charge is -2.14. The Hall–Kier alpha value is -3.26. The number of benzene rings is 3. The Kier molecular flexibility index (Phi) is 5.65. The molecule has 3 aromatic carbocycles. The predicted molar refractivity (Wildman–Crippen MR) is 104 cm³/mol. The standard InChI is InChI=1S/C20H14ClF3N2O3/c21-13-5-6-17(15(9-13)20(22,23)24)26-18(27)10-29-19(28)14-7-11-3-1-2-4-12(11)8-16(14)25/h1-9H,10,25H2,(H,26,27). The Bertz CT molecular complexity index is 1100. The third-order valence-electron chi connectivity index (χ3n) is 4.03. The minimum Gasteiger partial charge on any atom is -0.452 e. The summed E-state index contributed by atoms with van der Waals surface area (Å²) in [7, 11) is 0. The molecule has 0 saturated carbocycles. The third kappa shape index (κ3) is 4.78. The van der Waals surface area contributed by atoms with Crippen molar-refractivity contribution in [3.63, 3.8) is 0 Å². The maximum absolute atomic E-state index is 13.1. The molecule has 0 aromatic heterocycles. The number of ether oxygens (including phenoxy) is 1. The SMILES string of the molecule is Nc1cc2ccccc2cc1C(=O)OCC(=O)Nc1ccc(Cl)cc1C(F)(F)F. The van der Waals surface area contributed by atoms with Crippen LogP contribution in [0.2, 0.25) is 5.02 Å². The number of esters is 1. The number of nitrogens with one attached hydrogen (secondary N) is 1. The van der Waals surface area contributed by atoms with E-state index in [-0.39, 0.29) is 16.3 Å². The van der Waals surface area contributed by atoms with Crippen LogP contribution in [0.4, 0.5) is 24.5 Å². The highest BCUT2D eigenvalue weighted by molar-refractivity contribution is 6.30.